The number of aromatic amines is 1. The number of nitrogens with one attached hydrogen (secondary N) is 1. The predicted molar refractivity (Wildman–Crippen MR) is 49.0 cm³/mol. The van der Waals surface area contributed by atoms with Crippen molar-refractivity contribution in [2.45, 2.75) is 0 Å². The van der Waals surface area contributed by atoms with Crippen molar-refractivity contribution in [2.75, 3.05) is 14.2 Å². The first-order valence-electron chi connectivity index (χ1n) is 3.83. The normalized spacial score (nSPS) is 8.59. The Morgan fingerprint density at radius 2 is 1.29 bits per heavy atom. The van der Waals surface area contributed by atoms with Crippen molar-refractivity contribution in [1.29, 1.82) is 0 Å². The summed E-state index contributed by atoms with van der Waals surface area (Å²) < 4.78 is 8.61. The van der Waals surface area contributed by atoms with Gasteiger partial charge in [-0.15, -0.1) is 0 Å². The second kappa shape index (κ2) is 8.02. The summed E-state index contributed by atoms with van der Waals surface area (Å²) in [6.45, 7) is 0. The van der Waals surface area contributed by atoms with E-state index in [2.05, 4.69) is 14.5 Å². The molecule has 0 atom stereocenters. The Hall–Kier alpha value is -0.180. The van der Waals surface area contributed by atoms with Gasteiger partial charge in [-0.05, 0) is 0 Å². The molecule has 1 aromatic heterocycles. The average Bonchev–Trinajstić information content (AvgIpc) is 2.54. The second-order valence-corrected chi connectivity index (χ2v) is 2.56. The Labute approximate surface area is 144 Å². The van der Waals surface area contributed by atoms with Gasteiger partial charge in [-0.25, -0.2) is 9.59 Å². The number of carbonyl (C=O) groups excluding carboxylic acids is 2. The maximum absolute atomic E-state index is 11.0. The standard InChI is InChI=1S/C8H9NO6.2Na.2H/c1-14-7(12)3-5(10)6(11)4(9-3)8(13)15-2;;;;/h9-11H,1-2H3;;;;/q;2*+1;2*-1. The summed E-state index contributed by atoms with van der Waals surface area (Å²) in [6.07, 6.45) is 0. The largest absolute Gasteiger partial charge is 1.00 e. The zero-order valence-corrected chi connectivity index (χ0v) is 14.0. The van der Waals surface area contributed by atoms with E-state index < -0.39 is 34.8 Å². The molecule has 1 rings (SSSR count). The number of aromatic hydroxyl groups is 2. The number of hydrogen-bond acceptors (Lipinski definition) is 6. The first-order valence-corrected chi connectivity index (χ1v) is 3.83. The van der Waals surface area contributed by atoms with Crippen molar-refractivity contribution < 1.29 is 91.2 Å². The molecule has 0 spiro atoms. The van der Waals surface area contributed by atoms with Crippen molar-refractivity contribution in [3.63, 3.8) is 0 Å². The number of carbonyl (C=O) groups is 2. The van der Waals surface area contributed by atoms with Crippen LogP contribution in [0.25, 0.3) is 0 Å². The molecule has 0 radical (unpaired) electrons. The fourth-order valence-corrected chi connectivity index (χ4v) is 0.980. The molecule has 86 valence electrons. The van der Waals surface area contributed by atoms with Crippen LogP contribution >= 0.6 is 0 Å². The summed E-state index contributed by atoms with van der Waals surface area (Å²) >= 11 is 0. The van der Waals surface area contributed by atoms with E-state index in [-0.39, 0.29) is 62.0 Å². The van der Waals surface area contributed by atoms with Crippen LogP contribution < -0.4 is 59.1 Å². The molecule has 1 aromatic rings. The minimum absolute atomic E-state index is 0. The van der Waals surface area contributed by atoms with Gasteiger partial charge in [0.15, 0.2) is 22.9 Å². The molecule has 0 aliphatic heterocycles. The van der Waals surface area contributed by atoms with E-state index in [0.717, 1.165) is 14.2 Å². The Morgan fingerprint density at radius 1 is 1.00 bits per heavy atom. The number of ether oxygens (including phenoxy) is 2. The van der Waals surface area contributed by atoms with Crippen LogP contribution in [0.15, 0.2) is 0 Å². The molecular formula is C8H11NNa2O6. The van der Waals surface area contributed by atoms with Gasteiger partial charge in [0.05, 0.1) is 14.2 Å². The Kier molecular flexibility index (Phi) is 9.04. The maximum atomic E-state index is 11.0. The van der Waals surface area contributed by atoms with E-state index >= 15 is 0 Å². The molecule has 1 heterocycles. The third-order valence-electron chi connectivity index (χ3n) is 1.73. The van der Waals surface area contributed by atoms with Gasteiger partial charge in [0.25, 0.3) is 0 Å². The van der Waals surface area contributed by atoms with E-state index in [0.29, 0.717) is 0 Å². The van der Waals surface area contributed by atoms with Crippen LogP contribution in [0.1, 0.15) is 23.8 Å². The summed E-state index contributed by atoms with van der Waals surface area (Å²) in [6, 6.07) is 0. The third kappa shape index (κ3) is 3.90. The number of esters is 2. The Bertz CT molecular complexity index is 389. The van der Waals surface area contributed by atoms with Gasteiger partial charge in [0.2, 0.25) is 0 Å². The average molecular weight is 263 g/mol. The number of H-pyrrole nitrogens is 1. The molecule has 0 aliphatic rings. The Balaban J connectivity index is -0.000000281. The SMILES string of the molecule is COC(=O)c1[nH]c(C(=O)OC)c(O)c1O.[H-].[H-].[Na+].[Na+]. The molecule has 9 heteroatoms. The third-order valence-corrected chi connectivity index (χ3v) is 1.73. The quantitative estimate of drug-likeness (QED) is 0.362. The van der Waals surface area contributed by atoms with Gasteiger partial charge in [-0.3, -0.25) is 0 Å². The van der Waals surface area contributed by atoms with Gasteiger partial charge < -0.3 is 27.5 Å². The van der Waals surface area contributed by atoms with E-state index in [9.17, 15) is 19.8 Å². The van der Waals surface area contributed by atoms with Crippen LogP contribution in [0.4, 0.5) is 0 Å². The van der Waals surface area contributed by atoms with Crippen LogP contribution in [-0.2, 0) is 9.47 Å². The maximum Gasteiger partial charge on any atom is 1.00 e. The van der Waals surface area contributed by atoms with Gasteiger partial charge in [-0.2, -0.15) is 0 Å². The predicted octanol–water partition coefficient (Wildman–Crippen LogP) is -5.77. The smallest absolute Gasteiger partial charge is 1.00 e. The van der Waals surface area contributed by atoms with Crippen molar-refractivity contribution in [3.05, 3.63) is 11.4 Å². The van der Waals surface area contributed by atoms with Gasteiger partial charge in [0.1, 0.15) is 0 Å². The first kappa shape index (κ1) is 19.2. The second-order valence-electron chi connectivity index (χ2n) is 2.56. The number of hydrogen-bond donors (Lipinski definition) is 3. The van der Waals surface area contributed by atoms with Crippen molar-refractivity contribution in [3.8, 4) is 11.5 Å². The van der Waals surface area contributed by atoms with Crippen molar-refractivity contribution in [1.82, 2.24) is 4.98 Å². The summed E-state index contributed by atoms with van der Waals surface area (Å²) in [4.78, 5) is 24.3. The molecule has 0 bridgehead atoms. The number of methoxy groups -OCH3 is 2. The summed E-state index contributed by atoms with van der Waals surface area (Å²) in [7, 11) is 2.19. The van der Waals surface area contributed by atoms with Crippen LogP contribution in [-0.4, -0.2) is 41.4 Å². The molecule has 0 saturated carbocycles. The van der Waals surface area contributed by atoms with Crippen molar-refractivity contribution in [2.24, 2.45) is 0 Å². The van der Waals surface area contributed by atoms with E-state index in [1.165, 1.54) is 0 Å². The van der Waals surface area contributed by atoms with Gasteiger partial charge in [-0.1, -0.05) is 0 Å². The summed E-state index contributed by atoms with van der Waals surface area (Å²) in [5.74, 6) is -3.31. The minimum Gasteiger partial charge on any atom is -1.00 e. The van der Waals surface area contributed by atoms with E-state index in [4.69, 9.17) is 0 Å². The number of rotatable bonds is 2. The minimum atomic E-state index is -0.905. The van der Waals surface area contributed by atoms with Crippen LogP contribution in [0.3, 0.4) is 0 Å². The van der Waals surface area contributed by atoms with Crippen LogP contribution in [0, 0.1) is 0 Å². The molecule has 0 aromatic carbocycles. The topological polar surface area (TPSA) is 109 Å². The molecule has 0 aliphatic carbocycles. The summed E-state index contributed by atoms with van der Waals surface area (Å²) in [5.41, 5.74) is -0.814. The van der Waals surface area contributed by atoms with Gasteiger partial charge >= 0.3 is 71.1 Å². The zero-order valence-electron chi connectivity index (χ0n) is 12.0. The molecular weight excluding hydrogens is 252 g/mol. The van der Waals surface area contributed by atoms with Crippen LogP contribution in [0.2, 0.25) is 0 Å². The van der Waals surface area contributed by atoms with Gasteiger partial charge in [0, 0.05) is 0 Å². The fourth-order valence-electron chi connectivity index (χ4n) is 0.980. The molecule has 0 saturated heterocycles. The first-order chi connectivity index (χ1) is 7.02. The van der Waals surface area contributed by atoms with E-state index in [1.54, 1.807) is 0 Å². The molecule has 0 unspecified atom stereocenters. The van der Waals surface area contributed by atoms with Crippen molar-refractivity contribution >= 4 is 11.9 Å². The summed E-state index contributed by atoms with van der Waals surface area (Å²) in [5, 5.41) is 18.5. The molecule has 17 heavy (non-hydrogen) atoms. The monoisotopic (exact) mass is 263 g/mol. The zero-order chi connectivity index (χ0) is 11.6. The molecule has 7 nitrogen and oxygen atoms in total. The molecule has 3 N–H and O–H groups in total. The molecule has 0 fully saturated rings. The van der Waals surface area contributed by atoms with Crippen LogP contribution in [0.5, 0.6) is 11.5 Å². The number of aromatic nitrogens is 1. The Morgan fingerprint density at radius 3 is 1.53 bits per heavy atom. The van der Waals surface area contributed by atoms with E-state index in [1.807, 2.05) is 0 Å². The molecule has 0 amide bonds. The fraction of sp³-hybridized carbons (Fsp3) is 0.250.